The first-order valence-electron chi connectivity index (χ1n) is 10.9. The Morgan fingerprint density at radius 3 is 2.62 bits per heavy atom. The summed E-state index contributed by atoms with van der Waals surface area (Å²) in [5, 5.41) is 4.72. The number of para-hydroxylation sites is 1. The van der Waals surface area contributed by atoms with E-state index in [1.165, 1.54) is 0 Å². The van der Waals surface area contributed by atoms with Gasteiger partial charge in [0.25, 0.3) is 5.56 Å². The van der Waals surface area contributed by atoms with Gasteiger partial charge >= 0.3 is 0 Å². The van der Waals surface area contributed by atoms with Gasteiger partial charge in [0.2, 0.25) is 0 Å². The van der Waals surface area contributed by atoms with E-state index in [-0.39, 0.29) is 5.56 Å². The van der Waals surface area contributed by atoms with E-state index in [0.717, 1.165) is 24.1 Å². The molecule has 0 spiro atoms. The van der Waals surface area contributed by atoms with Gasteiger partial charge in [0.05, 0.1) is 31.5 Å². The van der Waals surface area contributed by atoms with Gasteiger partial charge in [-0.05, 0) is 37.1 Å². The van der Waals surface area contributed by atoms with E-state index < -0.39 is 0 Å². The summed E-state index contributed by atoms with van der Waals surface area (Å²) in [7, 11) is 1.60. The van der Waals surface area contributed by atoms with Crippen molar-refractivity contribution in [2.45, 2.75) is 39.7 Å². The number of methoxy groups -OCH3 is 1. The molecule has 8 heteroatoms. The molecule has 4 aromatic rings. The van der Waals surface area contributed by atoms with Crippen LogP contribution in [0.2, 0.25) is 0 Å². The monoisotopic (exact) mass is 433 g/mol. The number of nitrogens with one attached hydrogen (secondary N) is 1. The van der Waals surface area contributed by atoms with Crippen molar-refractivity contribution in [2.75, 3.05) is 13.7 Å². The molecule has 32 heavy (non-hydrogen) atoms. The van der Waals surface area contributed by atoms with Gasteiger partial charge in [-0.1, -0.05) is 32.4 Å². The normalized spacial score (nSPS) is 11.1. The van der Waals surface area contributed by atoms with Crippen molar-refractivity contribution in [3.8, 4) is 22.9 Å². The summed E-state index contributed by atoms with van der Waals surface area (Å²) in [6, 6.07) is 11.3. The van der Waals surface area contributed by atoms with Crippen LogP contribution in [0.1, 0.15) is 38.1 Å². The van der Waals surface area contributed by atoms with Crippen molar-refractivity contribution in [3.05, 3.63) is 64.3 Å². The number of hydrogen-bond donors (Lipinski definition) is 1. The quantitative estimate of drug-likeness (QED) is 0.429. The molecule has 0 aliphatic heterocycles. The van der Waals surface area contributed by atoms with Gasteiger partial charge in [0.15, 0.2) is 5.52 Å². The molecule has 4 rings (SSSR count). The molecule has 0 amide bonds. The third-order valence-corrected chi connectivity index (χ3v) is 5.13. The number of pyridine rings is 1. The van der Waals surface area contributed by atoms with Crippen LogP contribution in [0.3, 0.4) is 0 Å². The number of rotatable bonds is 9. The molecule has 0 unspecified atom stereocenters. The number of hydrogen-bond acceptors (Lipinski definition) is 6. The molecule has 166 valence electrons. The first-order valence-corrected chi connectivity index (χ1v) is 10.9. The average Bonchev–Trinajstić information content (AvgIpc) is 3.16. The predicted molar refractivity (Wildman–Crippen MR) is 123 cm³/mol. The number of benzene rings is 1. The second-order valence-corrected chi connectivity index (χ2v) is 7.46. The van der Waals surface area contributed by atoms with Gasteiger partial charge in [-0.3, -0.25) is 14.5 Å². The molecule has 1 N–H and O–H groups in total. The number of H-pyrrole nitrogens is 1. The highest BCUT2D eigenvalue weighted by molar-refractivity contribution is 5.80. The minimum atomic E-state index is -0.250. The van der Waals surface area contributed by atoms with Crippen molar-refractivity contribution < 1.29 is 9.47 Å². The molecule has 0 saturated carbocycles. The van der Waals surface area contributed by atoms with E-state index in [2.05, 4.69) is 23.8 Å². The minimum Gasteiger partial charge on any atom is -0.495 e. The smallest absolute Gasteiger partial charge is 0.277 e. The molecular formula is C24H27N5O3. The molecule has 0 aliphatic carbocycles. The molecule has 0 saturated heterocycles. The molecule has 0 bridgehead atoms. The maximum atomic E-state index is 13.2. The highest BCUT2D eigenvalue weighted by Gasteiger charge is 2.19. The first kappa shape index (κ1) is 21.5. The Bertz CT molecular complexity index is 1280. The lowest BCUT2D eigenvalue weighted by Gasteiger charge is -2.10. The predicted octanol–water partition coefficient (Wildman–Crippen LogP) is 3.98. The molecule has 0 radical (unpaired) electrons. The SMILES string of the molecule is CCCOc1ccccc1-c1nc2c(CCC)nn(Cc3ncccc3OC)c2c(=O)[nH]1. The third kappa shape index (κ3) is 4.21. The Balaban J connectivity index is 1.85. The van der Waals surface area contributed by atoms with Gasteiger partial charge in [-0.2, -0.15) is 5.10 Å². The second-order valence-electron chi connectivity index (χ2n) is 7.46. The first-order chi connectivity index (χ1) is 15.7. The molecule has 0 atom stereocenters. The van der Waals surface area contributed by atoms with Crippen LogP contribution in [0.5, 0.6) is 11.5 Å². The van der Waals surface area contributed by atoms with Crippen LogP contribution in [-0.4, -0.2) is 38.4 Å². The van der Waals surface area contributed by atoms with E-state index in [0.29, 0.717) is 53.6 Å². The van der Waals surface area contributed by atoms with E-state index in [1.807, 2.05) is 36.4 Å². The zero-order valence-electron chi connectivity index (χ0n) is 18.6. The van der Waals surface area contributed by atoms with Gasteiger partial charge < -0.3 is 14.5 Å². The molecule has 3 aromatic heterocycles. The highest BCUT2D eigenvalue weighted by Crippen LogP contribution is 2.28. The van der Waals surface area contributed by atoms with Crippen LogP contribution < -0.4 is 15.0 Å². The maximum absolute atomic E-state index is 13.2. The molecular weight excluding hydrogens is 406 g/mol. The van der Waals surface area contributed by atoms with Crippen molar-refractivity contribution in [3.63, 3.8) is 0 Å². The fourth-order valence-electron chi connectivity index (χ4n) is 3.67. The van der Waals surface area contributed by atoms with Crippen molar-refractivity contribution >= 4 is 11.0 Å². The fraction of sp³-hybridized carbons (Fsp3) is 0.333. The van der Waals surface area contributed by atoms with Crippen LogP contribution in [0, 0.1) is 0 Å². The average molecular weight is 434 g/mol. The van der Waals surface area contributed by atoms with Crippen molar-refractivity contribution in [1.29, 1.82) is 0 Å². The van der Waals surface area contributed by atoms with Crippen LogP contribution in [0.15, 0.2) is 47.4 Å². The largest absolute Gasteiger partial charge is 0.495 e. The number of aromatic amines is 1. The number of nitrogens with zero attached hydrogens (tertiary/aromatic N) is 4. The van der Waals surface area contributed by atoms with Gasteiger partial charge in [0.1, 0.15) is 28.5 Å². The number of ether oxygens (including phenoxy) is 2. The van der Waals surface area contributed by atoms with Crippen molar-refractivity contribution in [1.82, 2.24) is 24.7 Å². The van der Waals surface area contributed by atoms with Crippen LogP contribution in [-0.2, 0) is 13.0 Å². The summed E-state index contributed by atoms with van der Waals surface area (Å²) in [4.78, 5) is 25.4. The fourth-order valence-corrected chi connectivity index (χ4v) is 3.67. The summed E-state index contributed by atoms with van der Waals surface area (Å²) in [6.07, 6.45) is 4.19. The summed E-state index contributed by atoms with van der Waals surface area (Å²) in [6.45, 7) is 5.03. The standard InChI is InChI=1S/C24H27N5O3/c1-4-9-17-21-22(29(28-17)15-18-20(31-3)12-8-13-25-18)24(30)27-23(26-21)16-10-6-7-11-19(16)32-14-5-2/h6-8,10-13H,4-5,9,14-15H2,1-3H3,(H,26,27,30). The second kappa shape index (κ2) is 9.64. The number of aryl methyl sites for hydroxylation is 1. The lowest BCUT2D eigenvalue weighted by molar-refractivity contribution is 0.318. The third-order valence-electron chi connectivity index (χ3n) is 5.13. The highest BCUT2D eigenvalue weighted by atomic mass is 16.5. The molecule has 8 nitrogen and oxygen atoms in total. The molecule has 3 heterocycles. The van der Waals surface area contributed by atoms with E-state index in [4.69, 9.17) is 19.6 Å². The zero-order valence-corrected chi connectivity index (χ0v) is 18.6. The number of fused-ring (bicyclic) bond motifs is 1. The Labute approximate surface area is 186 Å². The lowest BCUT2D eigenvalue weighted by Crippen LogP contribution is -2.15. The van der Waals surface area contributed by atoms with E-state index in [9.17, 15) is 4.79 Å². The Kier molecular flexibility index (Phi) is 6.49. The van der Waals surface area contributed by atoms with Gasteiger partial charge in [-0.25, -0.2) is 4.98 Å². The Morgan fingerprint density at radius 2 is 1.84 bits per heavy atom. The summed E-state index contributed by atoms with van der Waals surface area (Å²) in [5.41, 5.74) is 3.02. The molecule has 1 aromatic carbocycles. The topological polar surface area (TPSA) is 94.9 Å². The molecule has 0 fully saturated rings. The Morgan fingerprint density at radius 1 is 1.03 bits per heavy atom. The Hall–Kier alpha value is -3.68. The van der Waals surface area contributed by atoms with Crippen LogP contribution in [0.25, 0.3) is 22.4 Å². The van der Waals surface area contributed by atoms with E-state index >= 15 is 0 Å². The maximum Gasteiger partial charge on any atom is 0.277 e. The minimum absolute atomic E-state index is 0.250. The van der Waals surface area contributed by atoms with Gasteiger partial charge in [0, 0.05) is 6.20 Å². The summed E-state index contributed by atoms with van der Waals surface area (Å²) >= 11 is 0. The zero-order chi connectivity index (χ0) is 22.5. The van der Waals surface area contributed by atoms with E-state index in [1.54, 1.807) is 18.0 Å². The number of aromatic nitrogens is 5. The summed E-state index contributed by atoms with van der Waals surface area (Å²) in [5.74, 6) is 1.82. The lowest BCUT2D eigenvalue weighted by atomic mass is 10.1. The summed E-state index contributed by atoms with van der Waals surface area (Å²) < 4.78 is 13.0. The molecule has 0 aliphatic rings. The van der Waals surface area contributed by atoms with Crippen LogP contribution >= 0.6 is 0 Å². The van der Waals surface area contributed by atoms with Crippen LogP contribution in [0.4, 0.5) is 0 Å². The van der Waals surface area contributed by atoms with Gasteiger partial charge in [-0.15, -0.1) is 0 Å². The van der Waals surface area contributed by atoms with Crippen molar-refractivity contribution in [2.24, 2.45) is 0 Å².